The van der Waals surface area contributed by atoms with Crippen LogP contribution >= 0.6 is 0 Å². The van der Waals surface area contributed by atoms with Gasteiger partial charge >= 0.3 is 0 Å². The smallest absolute Gasteiger partial charge is 0.219 e. The highest BCUT2D eigenvalue weighted by Gasteiger charge is 2.04. The first-order valence-corrected chi connectivity index (χ1v) is 6.54. The summed E-state index contributed by atoms with van der Waals surface area (Å²) in [7, 11) is 0. The normalized spacial score (nSPS) is 10.8. The fourth-order valence-corrected chi connectivity index (χ4v) is 2.15. The number of aryl methyl sites for hydroxylation is 1. The number of aromatic nitrogens is 1. The van der Waals surface area contributed by atoms with Gasteiger partial charge in [0.25, 0.3) is 0 Å². The molecule has 1 aromatic carbocycles. The van der Waals surface area contributed by atoms with Gasteiger partial charge < -0.3 is 10.3 Å². The zero-order valence-electron chi connectivity index (χ0n) is 11.0. The van der Waals surface area contributed by atoms with Gasteiger partial charge in [0.05, 0.1) is 0 Å². The van der Waals surface area contributed by atoms with Crippen molar-refractivity contribution >= 4 is 16.8 Å². The van der Waals surface area contributed by atoms with Gasteiger partial charge in [0.2, 0.25) is 5.91 Å². The number of hydrogen-bond acceptors (Lipinski definition) is 1. The Morgan fingerprint density at radius 3 is 3.00 bits per heavy atom. The number of hydrogen-bond donors (Lipinski definition) is 2. The van der Waals surface area contributed by atoms with Crippen molar-refractivity contribution in [3.63, 3.8) is 0 Å². The highest BCUT2D eigenvalue weighted by Crippen LogP contribution is 2.19. The third kappa shape index (κ3) is 2.92. The largest absolute Gasteiger partial charge is 0.361 e. The Balaban J connectivity index is 1.99. The molecule has 0 spiro atoms. The summed E-state index contributed by atoms with van der Waals surface area (Å²) in [5.74, 6) is 0.147. The molecule has 0 saturated heterocycles. The van der Waals surface area contributed by atoms with E-state index in [1.165, 1.54) is 16.5 Å². The minimum Gasteiger partial charge on any atom is -0.361 e. The van der Waals surface area contributed by atoms with Crippen LogP contribution in [0.1, 0.15) is 30.9 Å². The van der Waals surface area contributed by atoms with Crippen LogP contribution in [0.4, 0.5) is 0 Å². The summed E-state index contributed by atoms with van der Waals surface area (Å²) in [6, 6.07) is 6.39. The van der Waals surface area contributed by atoms with Gasteiger partial charge in [0.15, 0.2) is 0 Å². The van der Waals surface area contributed by atoms with Crippen LogP contribution in [-0.4, -0.2) is 17.4 Å². The molecule has 1 amide bonds. The van der Waals surface area contributed by atoms with E-state index in [1.807, 2.05) is 13.1 Å². The maximum absolute atomic E-state index is 11.4. The lowest BCUT2D eigenvalue weighted by Gasteiger charge is -2.03. The first-order valence-electron chi connectivity index (χ1n) is 6.54. The second-order valence-electron chi connectivity index (χ2n) is 4.71. The summed E-state index contributed by atoms with van der Waals surface area (Å²) in [5.41, 5.74) is 3.69. The molecule has 0 saturated carbocycles. The first-order chi connectivity index (χ1) is 8.70. The SMILES string of the molecule is CCCC(=O)NCCc1c[nH]c2ccc(C)cc12. The van der Waals surface area contributed by atoms with Crippen molar-refractivity contribution in [1.82, 2.24) is 10.3 Å². The average molecular weight is 244 g/mol. The first kappa shape index (κ1) is 12.7. The van der Waals surface area contributed by atoms with Gasteiger partial charge in [-0.25, -0.2) is 0 Å². The zero-order chi connectivity index (χ0) is 13.0. The number of rotatable bonds is 5. The van der Waals surface area contributed by atoms with Gasteiger partial charge in [-0.2, -0.15) is 0 Å². The Hall–Kier alpha value is -1.77. The van der Waals surface area contributed by atoms with Crippen molar-refractivity contribution in [2.75, 3.05) is 6.54 Å². The van der Waals surface area contributed by atoms with E-state index in [2.05, 4.69) is 35.4 Å². The summed E-state index contributed by atoms with van der Waals surface area (Å²) >= 11 is 0. The van der Waals surface area contributed by atoms with Crippen LogP contribution in [0.5, 0.6) is 0 Å². The van der Waals surface area contributed by atoms with E-state index < -0.39 is 0 Å². The van der Waals surface area contributed by atoms with E-state index in [4.69, 9.17) is 0 Å². The molecule has 0 unspecified atom stereocenters. The molecule has 1 aromatic heterocycles. The molecule has 0 aliphatic rings. The van der Waals surface area contributed by atoms with Crippen molar-refractivity contribution in [3.8, 4) is 0 Å². The van der Waals surface area contributed by atoms with Gasteiger partial charge in [-0.1, -0.05) is 18.6 Å². The molecule has 0 aliphatic carbocycles. The zero-order valence-corrected chi connectivity index (χ0v) is 11.0. The molecular formula is C15H20N2O. The molecule has 0 atom stereocenters. The highest BCUT2D eigenvalue weighted by molar-refractivity contribution is 5.84. The van der Waals surface area contributed by atoms with E-state index in [1.54, 1.807) is 0 Å². The summed E-state index contributed by atoms with van der Waals surface area (Å²) in [5, 5.41) is 4.21. The molecule has 96 valence electrons. The third-order valence-electron chi connectivity index (χ3n) is 3.12. The van der Waals surface area contributed by atoms with E-state index in [0.29, 0.717) is 13.0 Å². The molecule has 0 fully saturated rings. The minimum atomic E-state index is 0.147. The molecule has 1 heterocycles. The summed E-state index contributed by atoms with van der Waals surface area (Å²) in [6.07, 6.45) is 4.43. The maximum atomic E-state index is 11.4. The van der Waals surface area contributed by atoms with Crippen LogP contribution in [0, 0.1) is 6.92 Å². The molecule has 18 heavy (non-hydrogen) atoms. The number of amides is 1. The highest BCUT2D eigenvalue weighted by atomic mass is 16.1. The van der Waals surface area contributed by atoms with Gasteiger partial charge in [-0.05, 0) is 37.5 Å². The van der Waals surface area contributed by atoms with E-state index in [0.717, 1.165) is 18.4 Å². The van der Waals surface area contributed by atoms with E-state index in [9.17, 15) is 4.79 Å². The fraction of sp³-hybridized carbons (Fsp3) is 0.400. The Bertz CT molecular complexity index is 542. The number of H-pyrrole nitrogens is 1. The lowest BCUT2D eigenvalue weighted by atomic mass is 10.1. The lowest BCUT2D eigenvalue weighted by molar-refractivity contribution is -0.121. The Kier molecular flexibility index (Phi) is 4.03. The van der Waals surface area contributed by atoms with Crippen molar-refractivity contribution in [2.24, 2.45) is 0 Å². The van der Waals surface area contributed by atoms with Gasteiger partial charge in [0.1, 0.15) is 0 Å². The molecule has 2 N–H and O–H groups in total. The quantitative estimate of drug-likeness (QED) is 0.834. The summed E-state index contributed by atoms with van der Waals surface area (Å²) in [4.78, 5) is 14.6. The number of carbonyl (C=O) groups excluding carboxylic acids is 1. The monoisotopic (exact) mass is 244 g/mol. The van der Waals surface area contributed by atoms with E-state index in [-0.39, 0.29) is 5.91 Å². The third-order valence-corrected chi connectivity index (χ3v) is 3.12. The standard InChI is InChI=1S/C15H20N2O/c1-3-4-15(18)16-8-7-12-10-17-14-6-5-11(2)9-13(12)14/h5-6,9-10,17H,3-4,7-8H2,1-2H3,(H,16,18). The van der Waals surface area contributed by atoms with Crippen LogP contribution in [0.3, 0.4) is 0 Å². The molecule has 2 rings (SSSR count). The van der Waals surface area contributed by atoms with Crippen molar-refractivity contribution in [2.45, 2.75) is 33.1 Å². The number of carbonyl (C=O) groups is 1. The van der Waals surface area contributed by atoms with Crippen LogP contribution in [0.15, 0.2) is 24.4 Å². The predicted molar refractivity (Wildman–Crippen MR) is 74.7 cm³/mol. The van der Waals surface area contributed by atoms with Crippen LogP contribution < -0.4 is 5.32 Å². The molecule has 0 bridgehead atoms. The Morgan fingerprint density at radius 1 is 1.39 bits per heavy atom. The Morgan fingerprint density at radius 2 is 2.22 bits per heavy atom. The molecule has 0 aliphatic heterocycles. The molecule has 3 nitrogen and oxygen atoms in total. The van der Waals surface area contributed by atoms with Gasteiger partial charge in [-0.3, -0.25) is 4.79 Å². The number of aromatic amines is 1. The van der Waals surface area contributed by atoms with Crippen LogP contribution in [0.2, 0.25) is 0 Å². The number of fused-ring (bicyclic) bond motifs is 1. The summed E-state index contributed by atoms with van der Waals surface area (Å²) in [6.45, 7) is 4.82. The average Bonchev–Trinajstić information content (AvgIpc) is 2.72. The van der Waals surface area contributed by atoms with Gasteiger partial charge in [0, 0.05) is 30.1 Å². The minimum absolute atomic E-state index is 0.147. The molecule has 2 aromatic rings. The van der Waals surface area contributed by atoms with Crippen LogP contribution in [-0.2, 0) is 11.2 Å². The summed E-state index contributed by atoms with van der Waals surface area (Å²) < 4.78 is 0. The number of nitrogens with one attached hydrogen (secondary N) is 2. The second kappa shape index (κ2) is 5.71. The lowest BCUT2D eigenvalue weighted by Crippen LogP contribution is -2.25. The maximum Gasteiger partial charge on any atom is 0.219 e. The molecule has 3 heteroatoms. The fourth-order valence-electron chi connectivity index (χ4n) is 2.15. The predicted octanol–water partition coefficient (Wildman–Crippen LogP) is 2.94. The van der Waals surface area contributed by atoms with Crippen molar-refractivity contribution < 1.29 is 4.79 Å². The Labute approximate surface area is 108 Å². The van der Waals surface area contributed by atoms with Crippen molar-refractivity contribution in [1.29, 1.82) is 0 Å². The van der Waals surface area contributed by atoms with Crippen molar-refractivity contribution in [3.05, 3.63) is 35.5 Å². The number of benzene rings is 1. The second-order valence-corrected chi connectivity index (χ2v) is 4.71. The van der Waals surface area contributed by atoms with E-state index >= 15 is 0 Å². The molecule has 0 radical (unpaired) electrons. The van der Waals surface area contributed by atoms with Gasteiger partial charge in [-0.15, -0.1) is 0 Å². The molecular weight excluding hydrogens is 224 g/mol. The van der Waals surface area contributed by atoms with Crippen LogP contribution in [0.25, 0.3) is 10.9 Å². The topological polar surface area (TPSA) is 44.9 Å².